The lowest BCUT2D eigenvalue weighted by Gasteiger charge is -2.30. The number of ether oxygens (including phenoxy) is 3. The molecule has 2 aliphatic carbocycles. The third kappa shape index (κ3) is 5.63. The maximum absolute atomic E-state index is 12.4. The zero-order valence-corrected chi connectivity index (χ0v) is 15.1. The van der Waals surface area contributed by atoms with E-state index in [-0.39, 0.29) is 17.4 Å². The molecule has 0 spiro atoms. The van der Waals surface area contributed by atoms with Gasteiger partial charge in [-0.2, -0.15) is 26.3 Å². The third-order valence-corrected chi connectivity index (χ3v) is 4.76. The van der Waals surface area contributed by atoms with Crippen LogP contribution >= 0.6 is 0 Å². The molecule has 2 rings (SSSR count). The van der Waals surface area contributed by atoms with Crippen LogP contribution in [0.25, 0.3) is 0 Å². The summed E-state index contributed by atoms with van der Waals surface area (Å²) < 4.78 is 88.2. The van der Waals surface area contributed by atoms with Gasteiger partial charge in [0.2, 0.25) is 0 Å². The number of carbonyl (C=O) groups excluding carboxylic acids is 3. The van der Waals surface area contributed by atoms with E-state index in [4.69, 9.17) is 9.47 Å². The Labute approximate surface area is 161 Å². The van der Waals surface area contributed by atoms with E-state index >= 15 is 0 Å². The normalized spacial score (nSPS) is 26.3. The van der Waals surface area contributed by atoms with E-state index in [0.29, 0.717) is 19.3 Å². The summed E-state index contributed by atoms with van der Waals surface area (Å²) in [6.45, 7) is 4.83. The molecule has 4 unspecified atom stereocenters. The molecule has 29 heavy (non-hydrogen) atoms. The maximum atomic E-state index is 12.4. The van der Waals surface area contributed by atoms with Crippen LogP contribution in [0.2, 0.25) is 0 Å². The van der Waals surface area contributed by atoms with E-state index in [0.717, 1.165) is 0 Å². The lowest BCUT2D eigenvalue weighted by molar-refractivity contribution is -0.313. The average molecular weight is 432 g/mol. The van der Waals surface area contributed by atoms with Crippen molar-refractivity contribution in [3.05, 3.63) is 12.2 Å². The number of rotatable bonds is 6. The minimum atomic E-state index is -5.88. The molecule has 0 heterocycles. The van der Waals surface area contributed by atoms with E-state index in [1.165, 1.54) is 6.92 Å². The summed E-state index contributed by atoms with van der Waals surface area (Å²) >= 11 is 0. The fraction of sp³-hybridized carbons (Fsp3) is 0.706. The van der Waals surface area contributed by atoms with E-state index in [9.17, 15) is 40.7 Å². The van der Waals surface area contributed by atoms with Crippen molar-refractivity contribution in [1.29, 1.82) is 0 Å². The molecule has 0 amide bonds. The van der Waals surface area contributed by atoms with Gasteiger partial charge >= 0.3 is 30.3 Å². The second kappa shape index (κ2) is 8.23. The lowest BCUT2D eigenvalue weighted by Crippen LogP contribution is -2.46. The van der Waals surface area contributed by atoms with Crippen molar-refractivity contribution in [1.82, 2.24) is 0 Å². The Bertz CT molecular complexity index is 671. The van der Waals surface area contributed by atoms with Gasteiger partial charge in [0, 0.05) is 17.4 Å². The van der Waals surface area contributed by atoms with Crippen LogP contribution < -0.4 is 0 Å². The number of halogens is 6. The maximum Gasteiger partial charge on any atom is 0.434 e. The van der Waals surface area contributed by atoms with Crippen LogP contribution in [0.1, 0.15) is 32.6 Å². The molecule has 0 aliphatic heterocycles. The molecule has 2 aliphatic rings. The molecule has 4 atom stereocenters. The quantitative estimate of drug-likeness (QED) is 0.211. The van der Waals surface area contributed by atoms with E-state index in [1.54, 1.807) is 0 Å². The molecule has 6 nitrogen and oxygen atoms in total. The zero-order chi connectivity index (χ0) is 22.1. The summed E-state index contributed by atoms with van der Waals surface area (Å²) in [6, 6.07) is 0. The Kier molecular flexibility index (Phi) is 6.53. The molecular weight excluding hydrogens is 414 g/mol. The van der Waals surface area contributed by atoms with Crippen molar-refractivity contribution in [2.75, 3.05) is 0 Å². The molecule has 2 saturated carbocycles. The number of esters is 3. The van der Waals surface area contributed by atoms with Gasteiger partial charge in [-0.3, -0.25) is 9.59 Å². The lowest BCUT2D eigenvalue weighted by atomic mass is 9.94. The molecule has 0 aromatic rings. The van der Waals surface area contributed by atoms with Crippen LogP contribution in [0, 0.1) is 11.8 Å². The topological polar surface area (TPSA) is 78.9 Å². The Hall–Kier alpha value is -2.27. The molecule has 0 N–H and O–H groups in total. The third-order valence-electron chi connectivity index (χ3n) is 4.76. The summed E-state index contributed by atoms with van der Waals surface area (Å²) in [7, 11) is 0. The van der Waals surface area contributed by atoms with Gasteiger partial charge in [-0.25, -0.2) is 4.79 Å². The number of alkyl halides is 6. The monoisotopic (exact) mass is 432 g/mol. The number of carbonyl (C=O) groups is 3. The standard InChI is InChI=1S/C17H18F6O6/c1-7(2)14(26)29-13-9-4-3-8(5-9)12(13)27-10(24)6-11(25)28-15(16(18,19)20)17(21,22)23/h8-9,12-13,15H,1,3-6H2,2H3. The van der Waals surface area contributed by atoms with Crippen molar-refractivity contribution >= 4 is 17.9 Å². The number of hydrogen-bond donors (Lipinski definition) is 0. The molecule has 0 saturated heterocycles. The highest BCUT2D eigenvalue weighted by Crippen LogP contribution is 2.48. The zero-order valence-electron chi connectivity index (χ0n) is 15.1. The Morgan fingerprint density at radius 1 is 0.931 bits per heavy atom. The van der Waals surface area contributed by atoms with E-state index in [1.807, 2.05) is 0 Å². The van der Waals surface area contributed by atoms with Crippen LogP contribution in [0.15, 0.2) is 12.2 Å². The SMILES string of the molecule is C=C(C)C(=O)OC1C2CCC(C2)C1OC(=O)CC(=O)OC(C(F)(F)F)C(F)(F)F. The predicted octanol–water partition coefficient (Wildman–Crippen LogP) is 3.24. The highest BCUT2D eigenvalue weighted by Gasteiger charge is 2.60. The molecule has 0 radical (unpaired) electrons. The summed E-state index contributed by atoms with van der Waals surface area (Å²) in [5.74, 6) is -4.42. The van der Waals surface area contributed by atoms with Gasteiger partial charge in [0.15, 0.2) is 0 Å². The molecule has 164 valence electrons. The van der Waals surface area contributed by atoms with Crippen molar-refractivity contribution < 1.29 is 54.9 Å². The fourth-order valence-corrected chi connectivity index (χ4v) is 3.54. The van der Waals surface area contributed by atoms with Gasteiger partial charge < -0.3 is 14.2 Å². The van der Waals surface area contributed by atoms with Crippen LogP contribution in [0.3, 0.4) is 0 Å². The van der Waals surface area contributed by atoms with Crippen molar-refractivity contribution in [3.8, 4) is 0 Å². The smallest absolute Gasteiger partial charge is 0.434 e. The van der Waals surface area contributed by atoms with Crippen LogP contribution in [-0.2, 0) is 28.6 Å². The van der Waals surface area contributed by atoms with E-state index in [2.05, 4.69) is 11.3 Å². The predicted molar refractivity (Wildman–Crippen MR) is 82.0 cm³/mol. The molecule has 2 fully saturated rings. The Morgan fingerprint density at radius 3 is 1.86 bits per heavy atom. The van der Waals surface area contributed by atoms with Gasteiger partial charge in [-0.15, -0.1) is 0 Å². The van der Waals surface area contributed by atoms with Gasteiger partial charge in [0.05, 0.1) is 0 Å². The second-order valence-electron chi connectivity index (χ2n) is 7.07. The first-order valence-electron chi connectivity index (χ1n) is 8.59. The Morgan fingerprint density at radius 2 is 1.41 bits per heavy atom. The van der Waals surface area contributed by atoms with Crippen LogP contribution in [0.5, 0.6) is 0 Å². The molecule has 0 aromatic carbocycles. The summed E-state index contributed by atoms with van der Waals surface area (Å²) in [6.07, 6.45) is -17.4. The minimum absolute atomic E-state index is 0.103. The fourth-order valence-electron chi connectivity index (χ4n) is 3.54. The first-order valence-corrected chi connectivity index (χ1v) is 8.59. The number of fused-ring (bicyclic) bond motifs is 2. The van der Waals surface area contributed by atoms with Gasteiger partial charge in [-0.1, -0.05) is 6.58 Å². The molecule has 12 heteroatoms. The first kappa shape index (κ1) is 23.0. The first-order chi connectivity index (χ1) is 13.2. The largest absolute Gasteiger partial charge is 0.458 e. The number of hydrogen-bond acceptors (Lipinski definition) is 6. The molecule has 0 aromatic heterocycles. The molecular formula is C17H18F6O6. The Balaban J connectivity index is 1.97. The van der Waals surface area contributed by atoms with Gasteiger partial charge in [0.25, 0.3) is 6.10 Å². The van der Waals surface area contributed by atoms with Gasteiger partial charge in [0.1, 0.15) is 18.6 Å². The highest BCUT2D eigenvalue weighted by atomic mass is 19.4. The van der Waals surface area contributed by atoms with Crippen molar-refractivity contribution in [3.63, 3.8) is 0 Å². The highest BCUT2D eigenvalue weighted by molar-refractivity contribution is 5.91. The van der Waals surface area contributed by atoms with Crippen LogP contribution in [0.4, 0.5) is 26.3 Å². The summed E-state index contributed by atoms with van der Waals surface area (Å²) in [5, 5.41) is 0. The van der Waals surface area contributed by atoms with Crippen LogP contribution in [-0.4, -0.2) is 48.6 Å². The summed E-state index contributed by atoms with van der Waals surface area (Å²) in [4.78, 5) is 35.1. The molecule has 2 bridgehead atoms. The van der Waals surface area contributed by atoms with Gasteiger partial charge in [-0.05, 0) is 26.2 Å². The van der Waals surface area contributed by atoms with Crippen molar-refractivity contribution in [2.45, 2.75) is 63.3 Å². The average Bonchev–Trinajstić information content (AvgIpc) is 3.13. The van der Waals surface area contributed by atoms with Crippen molar-refractivity contribution in [2.24, 2.45) is 11.8 Å². The second-order valence-corrected chi connectivity index (χ2v) is 7.07. The summed E-state index contributed by atoms with van der Waals surface area (Å²) in [5.41, 5.74) is 0.103. The van der Waals surface area contributed by atoms with E-state index < -0.39 is 55.0 Å². The minimum Gasteiger partial charge on any atom is -0.458 e.